The zero-order valence-electron chi connectivity index (χ0n) is 10.2. The molecular weight excluding hydrogens is 298 g/mol. The highest BCUT2D eigenvalue weighted by molar-refractivity contribution is 9.10. The maximum absolute atomic E-state index is 11.5. The van der Waals surface area contributed by atoms with Gasteiger partial charge in [-0.25, -0.2) is 4.79 Å². The van der Waals surface area contributed by atoms with Gasteiger partial charge in [0.1, 0.15) is 0 Å². The van der Waals surface area contributed by atoms with Crippen LogP contribution in [0.1, 0.15) is 6.92 Å². The fourth-order valence-electron chi connectivity index (χ4n) is 1.91. The second kappa shape index (κ2) is 4.74. The van der Waals surface area contributed by atoms with Crippen molar-refractivity contribution in [3.05, 3.63) is 34.9 Å². The molecule has 0 fully saturated rings. The number of benzene rings is 1. The summed E-state index contributed by atoms with van der Waals surface area (Å²) in [5, 5.41) is 11.1. The highest BCUT2D eigenvalue weighted by atomic mass is 79.9. The van der Waals surface area contributed by atoms with Gasteiger partial charge in [0.2, 0.25) is 0 Å². The van der Waals surface area contributed by atoms with Crippen molar-refractivity contribution in [3.8, 4) is 0 Å². The summed E-state index contributed by atoms with van der Waals surface area (Å²) >= 11 is 3.41. The molecule has 0 amide bonds. The summed E-state index contributed by atoms with van der Waals surface area (Å²) in [6.45, 7) is 1.60. The van der Waals surface area contributed by atoms with Gasteiger partial charge in [0.25, 0.3) is 0 Å². The number of ether oxygens (including phenoxy) is 1. The molecular formula is C13H14BrNO3. The van der Waals surface area contributed by atoms with Crippen LogP contribution < -0.4 is 0 Å². The van der Waals surface area contributed by atoms with Crippen LogP contribution >= 0.6 is 15.9 Å². The van der Waals surface area contributed by atoms with E-state index in [9.17, 15) is 9.90 Å². The average molecular weight is 312 g/mol. The van der Waals surface area contributed by atoms with Crippen molar-refractivity contribution in [1.82, 2.24) is 4.57 Å². The van der Waals surface area contributed by atoms with Gasteiger partial charge in [-0.2, -0.15) is 0 Å². The van der Waals surface area contributed by atoms with Gasteiger partial charge in [-0.15, -0.1) is 0 Å². The molecule has 0 saturated heterocycles. The van der Waals surface area contributed by atoms with E-state index >= 15 is 0 Å². The number of esters is 1. The number of rotatable bonds is 3. The van der Waals surface area contributed by atoms with E-state index in [0.717, 1.165) is 15.4 Å². The smallest absolute Gasteiger partial charge is 0.339 e. The van der Waals surface area contributed by atoms with Crippen molar-refractivity contribution in [3.63, 3.8) is 0 Å². The fourth-order valence-corrected chi connectivity index (χ4v) is 2.26. The lowest BCUT2D eigenvalue weighted by Gasteiger charge is -2.21. The Bertz CT molecular complexity index is 589. The zero-order chi connectivity index (χ0) is 13.3. The largest absolute Gasteiger partial charge is 0.467 e. The number of nitrogens with zero attached hydrogens (tertiary/aromatic N) is 1. The molecule has 1 unspecified atom stereocenters. The zero-order valence-corrected chi connectivity index (χ0v) is 11.8. The lowest BCUT2D eigenvalue weighted by Crippen LogP contribution is -2.40. The Morgan fingerprint density at radius 2 is 2.22 bits per heavy atom. The molecule has 4 nitrogen and oxygen atoms in total. The van der Waals surface area contributed by atoms with Crippen LogP contribution in [0.4, 0.5) is 0 Å². The molecule has 1 heterocycles. The maximum atomic E-state index is 11.5. The normalized spacial score (nSPS) is 14.4. The van der Waals surface area contributed by atoms with Gasteiger partial charge in [-0.1, -0.05) is 22.0 Å². The van der Waals surface area contributed by atoms with Crippen LogP contribution in [0.3, 0.4) is 0 Å². The first kappa shape index (κ1) is 13.1. The van der Waals surface area contributed by atoms with Gasteiger partial charge in [-0.3, -0.25) is 0 Å². The number of aliphatic hydroxyl groups is 1. The number of methoxy groups -OCH3 is 1. The minimum atomic E-state index is -1.54. The van der Waals surface area contributed by atoms with Crippen molar-refractivity contribution in [2.75, 3.05) is 7.11 Å². The summed E-state index contributed by atoms with van der Waals surface area (Å²) in [5.41, 5.74) is -0.586. The number of aromatic nitrogens is 1. The van der Waals surface area contributed by atoms with Gasteiger partial charge in [0.15, 0.2) is 5.60 Å². The number of hydrogen-bond acceptors (Lipinski definition) is 3. The van der Waals surface area contributed by atoms with E-state index in [4.69, 9.17) is 0 Å². The molecule has 1 N–H and O–H groups in total. The van der Waals surface area contributed by atoms with Crippen LogP contribution in [0, 0.1) is 0 Å². The first-order valence-corrected chi connectivity index (χ1v) is 6.28. The third-order valence-electron chi connectivity index (χ3n) is 2.84. The van der Waals surface area contributed by atoms with Crippen molar-refractivity contribution in [2.24, 2.45) is 0 Å². The van der Waals surface area contributed by atoms with E-state index < -0.39 is 11.6 Å². The molecule has 0 aliphatic heterocycles. The van der Waals surface area contributed by atoms with Crippen molar-refractivity contribution < 1.29 is 14.6 Å². The minimum absolute atomic E-state index is 0.152. The number of fused-ring (bicyclic) bond motifs is 1. The standard InChI is InChI=1S/C13H14BrNO3/c1-13(17,12(16)18-2)8-15-6-5-9-3-4-10(14)7-11(9)15/h3-7,17H,8H2,1-2H3. The van der Waals surface area contributed by atoms with Gasteiger partial charge >= 0.3 is 5.97 Å². The molecule has 1 aromatic carbocycles. The van der Waals surface area contributed by atoms with Gasteiger partial charge in [-0.05, 0) is 30.5 Å². The highest BCUT2D eigenvalue weighted by Crippen LogP contribution is 2.22. The van der Waals surface area contributed by atoms with Gasteiger partial charge in [0, 0.05) is 16.2 Å². The molecule has 2 aromatic rings. The predicted molar refractivity (Wildman–Crippen MR) is 72.3 cm³/mol. The molecule has 0 radical (unpaired) electrons. The molecule has 2 rings (SSSR count). The maximum Gasteiger partial charge on any atom is 0.339 e. The second-order valence-electron chi connectivity index (χ2n) is 4.41. The summed E-state index contributed by atoms with van der Waals surface area (Å²) in [6, 6.07) is 7.81. The highest BCUT2D eigenvalue weighted by Gasteiger charge is 2.32. The molecule has 0 bridgehead atoms. The monoisotopic (exact) mass is 311 g/mol. The number of hydrogen-bond donors (Lipinski definition) is 1. The minimum Gasteiger partial charge on any atom is -0.467 e. The molecule has 0 aliphatic carbocycles. The average Bonchev–Trinajstić information content (AvgIpc) is 2.70. The van der Waals surface area contributed by atoms with Crippen molar-refractivity contribution in [2.45, 2.75) is 19.1 Å². The summed E-state index contributed by atoms with van der Waals surface area (Å²) in [7, 11) is 1.27. The first-order valence-electron chi connectivity index (χ1n) is 5.49. The van der Waals surface area contributed by atoms with E-state index in [2.05, 4.69) is 20.7 Å². The van der Waals surface area contributed by atoms with E-state index in [1.54, 1.807) is 0 Å². The van der Waals surface area contributed by atoms with Crippen molar-refractivity contribution >= 4 is 32.8 Å². The van der Waals surface area contributed by atoms with Crippen LogP contribution in [-0.4, -0.2) is 28.4 Å². The Kier molecular flexibility index (Phi) is 3.45. The molecule has 0 saturated carbocycles. The quantitative estimate of drug-likeness (QED) is 0.885. The van der Waals surface area contributed by atoms with Gasteiger partial charge in [0.05, 0.1) is 13.7 Å². The Morgan fingerprint density at radius 3 is 2.89 bits per heavy atom. The third kappa shape index (κ3) is 2.42. The molecule has 1 atom stereocenters. The van der Waals surface area contributed by atoms with Crippen LogP contribution in [0.25, 0.3) is 10.9 Å². The number of carbonyl (C=O) groups is 1. The Morgan fingerprint density at radius 1 is 1.50 bits per heavy atom. The van der Waals surface area contributed by atoms with E-state index in [0.29, 0.717) is 0 Å². The fraction of sp³-hybridized carbons (Fsp3) is 0.308. The molecule has 5 heteroatoms. The predicted octanol–water partition coefficient (Wildman–Crippen LogP) is 2.33. The molecule has 18 heavy (non-hydrogen) atoms. The number of carbonyl (C=O) groups excluding carboxylic acids is 1. The van der Waals surface area contributed by atoms with E-state index in [-0.39, 0.29) is 6.54 Å². The third-order valence-corrected chi connectivity index (χ3v) is 3.33. The molecule has 0 spiro atoms. The van der Waals surface area contributed by atoms with E-state index in [1.807, 2.05) is 35.0 Å². The lowest BCUT2D eigenvalue weighted by molar-refractivity contribution is -0.161. The number of halogens is 1. The first-order chi connectivity index (χ1) is 8.44. The molecule has 0 aliphatic rings. The van der Waals surface area contributed by atoms with Crippen molar-refractivity contribution in [1.29, 1.82) is 0 Å². The van der Waals surface area contributed by atoms with Crippen LogP contribution in [0.15, 0.2) is 34.9 Å². The lowest BCUT2D eigenvalue weighted by atomic mass is 10.1. The van der Waals surface area contributed by atoms with Crippen LogP contribution in [0.5, 0.6) is 0 Å². The SMILES string of the molecule is COC(=O)C(C)(O)Cn1ccc2ccc(Br)cc21. The second-order valence-corrected chi connectivity index (χ2v) is 5.33. The Hall–Kier alpha value is -1.33. The molecule has 96 valence electrons. The summed E-state index contributed by atoms with van der Waals surface area (Å²) in [6.07, 6.45) is 1.84. The summed E-state index contributed by atoms with van der Waals surface area (Å²) < 4.78 is 7.37. The Balaban J connectivity index is 2.37. The van der Waals surface area contributed by atoms with Gasteiger partial charge < -0.3 is 14.4 Å². The van der Waals surface area contributed by atoms with Crippen LogP contribution in [0.2, 0.25) is 0 Å². The Labute approximate surface area is 113 Å². The summed E-state index contributed by atoms with van der Waals surface area (Å²) in [5.74, 6) is -0.639. The molecule has 1 aromatic heterocycles. The van der Waals surface area contributed by atoms with E-state index in [1.165, 1.54) is 14.0 Å². The summed E-state index contributed by atoms with van der Waals surface area (Å²) in [4.78, 5) is 11.5. The topological polar surface area (TPSA) is 51.5 Å². The van der Waals surface area contributed by atoms with Crippen LogP contribution in [-0.2, 0) is 16.1 Å².